The number of nitrogens with zero attached hydrogens (tertiary/aromatic N) is 3. The van der Waals surface area contributed by atoms with E-state index in [2.05, 4.69) is 4.98 Å². The molecular weight excluding hydrogens is 610 g/mol. The van der Waals surface area contributed by atoms with E-state index in [1.807, 2.05) is 0 Å². The van der Waals surface area contributed by atoms with Crippen LogP contribution in [0.15, 0.2) is 64.8 Å². The summed E-state index contributed by atoms with van der Waals surface area (Å²) in [5, 5.41) is 12.6. The summed E-state index contributed by atoms with van der Waals surface area (Å²) in [7, 11) is 1.22. The number of imide groups is 1. The van der Waals surface area contributed by atoms with Gasteiger partial charge in [0, 0.05) is 40.3 Å². The quantitative estimate of drug-likeness (QED) is 0.267. The van der Waals surface area contributed by atoms with Crippen molar-refractivity contribution in [3.63, 3.8) is 0 Å². The third-order valence-corrected chi connectivity index (χ3v) is 9.09. The number of aromatic hydroxyl groups is 1. The Hall–Kier alpha value is -3.96. The van der Waals surface area contributed by atoms with Gasteiger partial charge in [-0.05, 0) is 62.1 Å². The van der Waals surface area contributed by atoms with Crippen molar-refractivity contribution in [2.24, 2.45) is 17.8 Å². The van der Waals surface area contributed by atoms with Crippen LogP contribution < -0.4 is 5.01 Å². The fourth-order valence-electron chi connectivity index (χ4n) is 6.68. The molecule has 1 fully saturated rings. The summed E-state index contributed by atoms with van der Waals surface area (Å²) < 4.78 is 40.2. The Labute approximate surface area is 253 Å². The van der Waals surface area contributed by atoms with Crippen LogP contribution in [0.25, 0.3) is 0 Å². The maximum Gasteiger partial charge on any atom is 0.433 e. The molecule has 2 heterocycles. The Balaban J connectivity index is 1.45. The number of carbonyl (C=O) groups excluding carboxylic acids is 4. The Morgan fingerprint density at radius 3 is 2.47 bits per heavy atom. The lowest BCUT2D eigenvalue weighted by Crippen LogP contribution is -2.46. The van der Waals surface area contributed by atoms with E-state index in [4.69, 9.17) is 23.2 Å². The number of aromatic nitrogens is 1. The molecule has 0 bridgehead atoms. The SMILES string of the molecule is CC1=CC(=O)C2=C(CC3C(=CCC4C(=O)N(N(C)c5nc(C(F)(F)F)ccc5Cl)C(=O)C43)C2c2cc(Cl)ccc2O)C1=O. The molecule has 1 aliphatic heterocycles. The van der Waals surface area contributed by atoms with Gasteiger partial charge in [-0.1, -0.05) is 34.9 Å². The molecule has 1 saturated heterocycles. The molecule has 3 aliphatic carbocycles. The van der Waals surface area contributed by atoms with Crippen molar-refractivity contribution in [2.75, 3.05) is 12.1 Å². The summed E-state index contributed by atoms with van der Waals surface area (Å²) in [4.78, 5) is 58.0. The normalized spacial score (nSPS) is 25.3. The average molecular weight is 632 g/mol. The first-order chi connectivity index (χ1) is 20.2. The zero-order chi connectivity index (χ0) is 31.1. The number of Topliss-reactive ketones (excluding diaryl/α,β-unsaturated/α-hetero) is 1. The highest BCUT2D eigenvalue weighted by molar-refractivity contribution is 6.33. The van der Waals surface area contributed by atoms with Crippen LogP contribution in [-0.4, -0.2) is 45.5 Å². The van der Waals surface area contributed by atoms with Crippen LogP contribution in [-0.2, 0) is 25.4 Å². The molecule has 4 aliphatic rings. The predicted octanol–water partition coefficient (Wildman–Crippen LogP) is 5.59. The molecule has 0 radical (unpaired) electrons. The molecule has 1 aromatic carbocycles. The summed E-state index contributed by atoms with van der Waals surface area (Å²) in [6.45, 7) is 1.51. The van der Waals surface area contributed by atoms with Crippen molar-refractivity contribution in [1.29, 1.82) is 0 Å². The lowest BCUT2D eigenvalue weighted by Gasteiger charge is -2.42. The monoisotopic (exact) mass is 631 g/mol. The molecule has 0 spiro atoms. The molecular formula is C30H22Cl2F3N3O5. The molecule has 6 rings (SSSR count). The molecule has 0 saturated carbocycles. The first-order valence-electron chi connectivity index (χ1n) is 13.2. The number of hydrogen-bond acceptors (Lipinski definition) is 7. The van der Waals surface area contributed by atoms with Gasteiger partial charge in [-0.25, -0.2) is 4.98 Å². The van der Waals surface area contributed by atoms with Crippen molar-refractivity contribution in [3.05, 3.63) is 86.1 Å². The highest BCUT2D eigenvalue weighted by atomic mass is 35.5. The van der Waals surface area contributed by atoms with Crippen LogP contribution in [0.5, 0.6) is 5.75 Å². The predicted molar refractivity (Wildman–Crippen MR) is 149 cm³/mol. The van der Waals surface area contributed by atoms with Gasteiger partial charge in [-0.15, -0.1) is 0 Å². The second-order valence-electron chi connectivity index (χ2n) is 10.9. The number of anilines is 1. The number of rotatable bonds is 3. The molecule has 13 heteroatoms. The van der Waals surface area contributed by atoms with Crippen molar-refractivity contribution < 1.29 is 37.5 Å². The number of phenolic OH excluding ortho intramolecular Hbond substituents is 1. The summed E-state index contributed by atoms with van der Waals surface area (Å²) in [6.07, 6.45) is -1.75. The van der Waals surface area contributed by atoms with Crippen LogP contribution in [0.3, 0.4) is 0 Å². The first-order valence-corrected chi connectivity index (χ1v) is 14.0. The lowest BCUT2D eigenvalue weighted by atomic mass is 9.59. The fraction of sp³-hybridized carbons (Fsp3) is 0.300. The van der Waals surface area contributed by atoms with E-state index in [0.717, 1.165) is 16.1 Å². The fourth-order valence-corrected chi connectivity index (χ4v) is 7.09. The van der Waals surface area contributed by atoms with E-state index in [1.54, 1.807) is 6.08 Å². The zero-order valence-corrected chi connectivity index (χ0v) is 24.1. The number of amides is 2. The van der Waals surface area contributed by atoms with E-state index in [-0.39, 0.29) is 56.7 Å². The number of benzene rings is 1. The highest BCUT2D eigenvalue weighted by Crippen LogP contribution is 2.56. The molecule has 222 valence electrons. The number of pyridine rings is 1. The lowest BCUT2D eigenvalue weighted by molar-refractivity contribution is -0.141. The Bertz CT molecular complexity index is 1750. The molecule has 8 nitrogen and oxygen atoms in total. The van der Waals surface area contributed by atoms with Gasteiger partial charge < -0.3 is 5.11 Å². The molecule has 2 amide bonds. The standard InChI is InChI=1S/C30H22Cl2F3N3O5/c1-12-9-21(40)25-18(26(12)41)11-16-14(23(25)17-10-13(31)3-7-20(17)39)4-5-15-24(16)29(43)38(28(15)42)37(2)27-19(32)6-8-22(36-27)30(33,34)35/h3-4,6-10,15-16,23-24,39H,5,11H2,1-2H3. The smallest absolute Gasteiger partial charge is 0.433 e. The second-order valence-corrected chi connectivity index (χ2v) is 11.8. The van der Waals surface area contributed by atoms with Crippen LogP contribution in [0.1, 0.15) is 36.9 Å². The van der Waals surface area contributed by atoms with Crippen LogP contribution in [0.4, 0.5) is 19.0 Å². The molecule has 1 aromatic heterocycles. The Kier molecular flexibility index (Phi) is 6.81. The number of hydrazine groups is 1. The molecule has 1 N–H and O–H groups in total. The number of ketones is 2. The number of halogens is 5. The van der Waals surface area contributed by atoms with Gasteiger partial charge in [0.1, 0.15) is 11.4 Å². The maximum absolute atomic E-state index is 14.0. The van der Waals surface area contributed by atoms with E-state index in [0.29, 0.717) is 11.6 Å². The Morgan fingerprint density at radius 1 is 1.05 bits per heavy atom. The second kappa shape index (κ2) is 10.1. The van der Waals surface area contributed by atoms with Crippen molar-refractivity contribution in [1.82, 2.24) is 9.99 Å². The van der Waals surface area contributed by atoms with Crippen LogP contribution >= 0.6 is 23.2 Å². The van der Waals surface area contributed by atoms with Gasteiger partial charge in [0.05, 0.1) is 16.9 Å². The third-order valence-electron chi connectivity index (χ3n) is 8.56. The topological polar surface area (TPSA) is 108 Å². The summed E-state index contributed by atoms with van der Waals surface area (Å²) in [5.41, 5.74) is 0.186. The number of allylic oxidation sites excluding steroid dienone is 6. The van der Waals surface area contributed by atoms with Gasteiger partial charge >= 0.3 is 6.18 Å². The van der Waals surface area contributed by atoms with Gasteiger partial charge in [-0.2, -0.15) is 18.2 Å². The van der Waals surface area contributed by atoms with E-state index >= 15 is 0 Å². The van der Waals surface area contributed by atoms with E-state index in [1.165, 1.54) is 38.2 Å². The first kappa shape index (κ1) is 29.1. The zero-order valence-electron chi connectivity index (χ0n) is 22.6. The molecule has 4 unspecified atom stereocenters. The van der Waals surface area contributed by atoms with Crippen molar-refractivity contribution in [3.8, 4) is 5.75 Å². The van der Waals surface area contributed by atoms with Gasteiger partial charge in [-0.3, -0.25) is 24.2 Å². The van der Waals surface area contributed by atoms with Crippen LogP contribution in [0.2, 0.25) is 10.0 Å². The van der Waals surface area contributed by atoms with Gasteiger partial charge in [0.25, 0.3) is 11.8 Å². The average Bonchev–Trinajstić information content (AvgIpc) is 3.20. The highest BCUT2D eigenvalue weighted by Gasteiger charge is 2.58. The minimum absolute atomic E-state index is 0.0188. The van der Waals surface area contributed by atoms with Crippen LogP contribution in [0, 0.1) is 17.8 Å². The van der Waals surface area contributed by atoms with Gasteiger partial charge in [0.2, 0.25) is 0 Å². The maximum atomic E-state index is 14.0. The minimum Gasteiger partial charge on any atom is -0.508 e. The van der Waals surface area contributed by atoms with Crippen molar-refractivity contribution in [2.45, 2.75) is 31.9 Å². The largest absolute Gasteiger partial charge is 0.508 e. The van der Waals surface area contributed by atoms with Gasteiger partial charge in [0.15, 0.2) is 17.4 Å². The number of carbonyl (C=O) groups is 4. The number of hydrogen-bond donors (Lipinski definition) is 1. The van der Waals surface area contributed by atoms with E-state index < -0.39 is 59.0 Å². The number of alkyl halides is 3. The van der Waals surface area contributed by atoms with E-state index in [9.17, 15) is 37.5 Å². The minimum atomic E-state index is -4.79. The summed E-state index contributed by atoms with van der Waals surface area (Å²) in [5.74, 6) is -6.30. The molecule has 43 heavy (non-hydrogen) atoms. The number of phenols is 1. The molecule has 2 aromatic rings. The summed E-state index contributed by atoms with van der Waals surface area (Å²) in [6, 6.07) is 6.02. The number of fused-ring (bicyclic) bond motifs is 3. The Morgan fingerprint density at radius 2 is 1.77 bits per heavy atom. The third kappa shape index (κ3) is 4.48. The van der Waals surface area contributed by atoms with Crippen molar-refractivity contribution >= 4 is 52.4 Å². The molecule has 4 atom stereocenters. The summed E-state index contributed by atoms with van der Waals surface area (Å²) >= 11 is 12.4.